The number of amides is 1. The Balaban J connectivity index is 1.74. The Morgan fingerprint density at radius 3 is 2.52 bits per heavy atom. The van der Waals surface area contributed by atoms with Crippen LogP contribution in [0.5, 0.6) is 0 Å². The smallest absolute Gasteiger partial charge is 0.303 e. The predicted octanol–water partition coefficient (Wildman–Crippen LogP) is 3.34. The zero-order valence-corrected chi connectivity index (χ0v) is 15.1. The van der Waals surface area contributed by atoms with Gasteiger partial charge in [0.1, 0.15) is 0 Å². The summed E-state index contributed by atoms with van der Waals surface area (Å²) in [7, 11) is 0. The van der Waals surface area contributed by atoms with Gasteiger partial charge in [0.2, 0.25) is 5.91 Å². The summed E-state index contributed by atoms with van der Waals surface area (Å²) >= 11 is 0. The molecular formula is C22H23NO4. The van der Waals surface area contributed by atoms with Crippen molar-refractivity contribution in [2.75, 3.05) is 0 Å². The van der Waals surface area contributed by atoms with Gasteiger partial charge in [-0.3, -0.25) is 14.4 Å². The molecule has 27 heavy (non-hydrogen) atoms. The Bertz CT molecular complexity index is 831. The highest BCUT2D eigenvalue weighted by Gasteiger charge is 2.31. The molecule has 1 amide bonds. The molecule has 5 heteroatoms. The second-order valence-corrected chi connectivity index (χ2v) is 6.93. The van der Waals surface area contributed by atoms with Crippen molar-refractivity contribution in [2.24, 2.45) is 0 Å². The summed E-state index contributed by atoms with van der Waals surface area (Å²) in [4.78, 5) is 36.0. The molecule has 2 unspecified atom stereocenters. The Kier molecular flexibility index (Phi) is 6.01. The third-order valence-electron chi connectivity index (χ3n) is 4.99. The summed E-state index contributed by atoms with van der Waals surface area (Å²) in [6.07, 6.45) is 1.78. The molecule has 0 saturated heterocycles. The normalized spacial score (nSPS) is 17.0. The van der Waals surface area contributed by atoms with Gasteiger partial charge >= 0.3 is 5.97 Å². The highest BCUT2D eigenvalue weighted by atomic mass is 16.4. The lowest BCUT2D eigenvalue weighted by molar-refractivity contribution is -0.137. The molecule has 3 rings (SSSR count). The van der Waals surface area contributed by atoms with Gasteiger partial charge in [0, 0.05) is 24.4 Å². The van der Waals surface area contributed by atoms with Gasteiger partial charge in [-0.15, -0.1) is 0 Å². The summed E-state index contributed by atoms with van der Waals surface area (Å²) in [5, 5.41) is 12.1. The lowest BCUT2D eigenvalue weighted by Gasteiger charge is -2.26. The van der Waals surface area contributed by atoms with E-state index in [1.807, 2.05) is 48.5 Å². The number of fused-ring (bicyclic) bond motifs is 1. The van der Waals surface area contributed by atoms with Crippen LogP contribution in [-0.4, -0.2) is 28.8 Å². The molecule has 0 aliphatic heterocycles. The number of Topliss-reactive ketones (excluding diaryl/α,β-unsaturated/α-hetero) is 1. The number of carboxylic acid groups (broad SMARTS) is 1. The van der Waals surface area contributed by atoms with E-state index in [9.17, 15) is 14.4 Å². The zero-order valence-electron chi connectivity index (χ0n) is 15.1. The van der Waals surface area contributed by atoms with Crippen LogP contribution < -0.4 is 5.32 Å². The van der Waals surface area contributed by atoms with Crippen molar-refractivity contribution in [2.45, 2.75) is 44.1 Å². The number of nitrogens with one attached hydrogen (secondary N) is 1. The number of hydrogen-bond donors (Lipinski definition) is 2. The number of benzene rings is 2. The highest BCUT2D eigenvalue weighted by molar-refractivity contribution is 6.01. The van der Waals surface area contributed by atoms with Crippen molar-refractivity contribution in [3.63, 3.8) is 0 Å². The summed E-state index contributed by atoms with van der Waals surface area (Å²) < 4.78 is 0. The number of rotatable bonds is 7. The Labute approximate surface area is 158 Å². The molecule has 140 valence electrons. The molecule has 0 spiro atoms. The lowest BCUT2D eigenvalue weighted by Crippen LogP contribution is -2.41. The minimum atomic E-state index is -0.879. The first-order valence-corrected chi connectivity index (χ1v) is 9.23. The van der Waals surface area contributed by atoms with Crippen LogP contribution >= 0.6 is 0 Å². The van der Waals surface area contributed by atoms with Crippen LogP contribution in [0.2, 0.25) is 0 Å². The molecule has 5 nitrogen and oxygen atoms in total. The predicted molar refractivity (Wildman–Crippen MR) is 102 cm³/mol. The van der Waals surface area contributed by atoms with Crippen LogP contribution in [-0.2, 0) is 16.0 Å². The first kappa shape index (κ1) is 18.8. The molecule has 2 atom stereocenters. The van der Waals surface area contributed by atoms with Gasteiger partial charge < -0.3 is 10.4 Å². The molecule has 0 saturated carbocycles. The van der Waals surface area contributed by atoms with Crippen LogP contribution in [0.4, 0.5) is 0 Å². The van der Waals surface area contributed by atoms with E-state index in [0.717, 1.165) is 11.1 Å². The molecule has 0 bridgehead atoms. The topological polar surface area (TPSA) is 83.5 Å². The van der Waals surface area contributed by atoms with Crippen molar-refractivity contribution in [1.82, 2.24) is 5.32 Å². The van der Waals surface area contributed by atoms with Gasteiger partial charge in [-0.2, -0.15) is 0 Å². The van der Waals surface area contributed by atoms with Crippen LogP contribution in [0, 0.1) is 0 Å². The van der Waals surface area contributed by atoms with Gasteiger partial charge in [-0.05, 0) is 30.4 Å². The summed E-state index contributed by atoms with van der Waals surface area (Å²) in [6, 6.07) is 16.7. The summed E-state index contributed by atoms with van der Waals surface area (Å²) in [5.74, 6) is -1.32. The molecule has 0 heterocycles. The molecule has 0 radical (unpaired) electrons. The lowest BCUT2D eigenvalue weighted by atomic mass is 9.81. The van der Waals surface area contributed by atoms with E-state index >= 15 is 0 Å². The maximum absolute atomic E-state index is 12.9. The Morgan fingerprint density at radius 1 is 1.07 bits per heavy atom. The minimum Gasteiger partial charge on any atom is -0.481 e. The maximum atomic E-state index is 12.9. The molecular weight excluding hydrogens is 342 g/mol. The standard InChI is InChI=1S/C22H23NO4/c24-20-12-11-19(17-8-4-5-9-18(17)20)22(27)23-16(10-13-21(25)26)14-15-6-2-1-3-7-15/h1-9,16,19H,10-14H2,(H,23,27)(H,25,26). The number of carbonyl (C=O) groups is 3. The first-order valence-electron chi connectivity index (χ1n) is 9.23. The minimum absolute atomic E-state index is 0.00246. The fraction of sp³-hybridized carbons (Fsp3) is 0.318. The number of aliphatic carboxylic acids is 1. The molecule has 2 aromatic carbocycles. The van der Waals surface area contributed by atoms with Crippen molar-refractivity contribution in [3.05, 3.63) is 71.3 Å². The van der Waals surface area contributed by atoms with Crippen molar-refractivity contribution in [1.29, 1.82) is 0 Å². The SMILES string of the molecule is O=C(O)CCC(Cc1ccccc1)NC(=O)C1CCC(=O)c2ccccc21. The van der Waals surface area contributed by atoms with E-state index in [1.54, 1.807) is 6.07 Å². The van der Waals surface area contributed by atoms with E-state index < -0.39 is 5.97 Å². The van der Waals surface area contributed by atoms with E-state index in [0.29, 0.717) is 31.2 Å². The van der Waals surface area contributed by atoms with E-state index in [2.05, 4.69) is 5.32 Å². The Morgan fingerprint density at radius 2 is 1.78 bits per heavy atom. The molecule has 2 N–H and O–H groups in total. The fourth-order valence-electron chi connectivity index (χ4n) is 3.62. The largest absolute Gasteiger partial charge is 0.481 e. The molecule has 1 aliphatic rings. The summed E-state index contributed by atoms with van der Waals surface area (Å²) in [6.45, 7) is 0. The third-order valence-corrected chi connectivity index (χ3v) is 4.99. The second kappa shape index (κ2) is 8.62. The van der Waals surface area contributed by atoms with Crippen LogP contribution in [0.1, 0.15) is 53.1 Å². The number of ketones is 1. The molecule has 1 aliphatic carbocycles. The van der Waals surface area contributed by atoms with Gasteiger partial charge in [-0.1, -0.05) is 54.6 Å². The fourth-order valence-corrected chi connectivity index (χ4v) is 3.62. The van der Waals surface area contributed by atoms with Crippen molar-refractivity contribution < 1.29 is 19.5 Å². The van der Waals surface area contributed by atoms with Gasteiger partial charge in [-0.25, -0.2) is 0 Å². The van der Waals surface area contributed by atoms with Crippen LogP contribution in [0.15, 0.2) is 54.6 Å². The van der Waals surface area contributed by atoms with E-state index in [4.69, 9.17) is 5.11 Å². The molecule has 0 fully saturated rings. The highest BCUT2D eigenvalue weighted by Crippen LogP contribution is 2.31. The average Bonchev–Trinajstić information content (AvgIpc) is 2.67. The van der Waals surface area contributed by atoms with Gasteiger partial charge in [0.05, 0.1) is 5.92 Å². The maximum Gasteiger partial charge on any atom is 0.303 e. The number of hydrogen-bond acceptors (Lipinski definition) is 3. The van der Waals surface area contributed by atoms with Gasteiger partial charge in [0.25, 0.3) is 0 Å². The van der Waals surface area contributed by atoms with Crippen molar-refractivity contribution >= 4 is 17.7 Å². The number of carbonyl (C=O) groups excluding carboxylic acids is 2. The quantitative estimate of drug-likeness (QED) is 0.788. The van der Waals surface area contributed by atoms with Gasteiger partial charge in [0.15, 0.2) is 5.78 Å². The monoisotopic (exact) mass is 365 g/mol. The van der Waals surface area contributed by atoms with Crippen LogP contribution in [0.3, 0.4) is 0 Å². The van der Waals surface area contributed by atoms with E-state index in [1.165, 1.54) is 0 Å². The van der Waals surface area contributed by atoms with Crippen LogP contribution in [0.25, 0.3) is 0 Å². The van der Waals surface area contributed by atoms with E-state index in [-0.39, 0.29) is 30.1 Å². The average molecular weight is 365 g/mol. The third kappa shape index (κ3) is 4.82. The second-order valence-electron chi connectivity index (χ2n) is 6.93. The first-order chi connectivity index (χ1) is 13.0. The zero-order chi connectivity index (χ0) is 19.2. The molecule has 0 aromatic heterocycles. The Hall–Kier alpha value is -2.95. The van der Waals surface area contributed by atoms with Crippen molar-refractivity contribution in [3.8, 4) is 0 Å². The summed E-state index contributed by atoms with van der Waals surface area (Å²) in [5.41, 5.74) is 2.43. The number of carboxylic acids is 1. The molecule has 2 aromatic rings.